The summed E-state index contributed by atoms with van der Waals surface area (Å²) in [6.07, 6.45) is 2.35. The van der Waals surface area contributed by atoms with Gasteiger partial charge in [-0.2, -0.15) is 0 Å². The van der Waals surface area contributed by atoms with Gasteiger partial charge in [-0.05, 0) is 36.9 Å². The fourth-order valence-electron chi connectivity index (χ4n) is 2.02. The highest BCUT2D eigenvalue weighted by atomic mass is 32.2. The SMILES string of the molecule is CCSc1ccccc1C(=O)N[C@H](C)Cc1ccco1. The van der Waals surface area contributed by atoms with E-state index in [1.54, 1.807) is 18.0 Å². The Labute approximate surface area is 123 Å². The van der Waals surface area contributed by atoms with Gasteiger partial charge in [-0.25, -0.2) is 0 Å². The van der Waals surface area contributed by atoms with Crippen molar-refractivity contribution in [3.63, 3.8) is 0 Å². The second kappa shape index (κ2) is 7.20. The molecule has 0 saturated carbocycles. The first-order chi connectivity index (χ1) is 9.70. The van der Waals surface area contributed by atoms with Crippen LogP contribution in [0.4, 0.5) is 0 Å². The highest BCUT2D eigenvalue weighted by Gasteiger charge is 2.14. The summed E-state index contributed by atoms with van der Waals surface area (Å²) in [5.41, 5.74) is 0.741. The minimum absolute atomic E-state index is 0.0272. The summed E-state index contributed by atoms with van der Waals surface area (Å²) >= 11 is 1.68. The van der Waals surface area contributed by atoms with Crippen LogP contribution < -0.4 is 5.32 Å². The predicted molar refractivity (Wildman–Crippen MR) is 82.2 cm³/mol. The number of amides is 1. The van der Waals surface area contributed by atoms with Gasteiger partial charge in [0.15, 0.2) is 0 Å². The number of carbonyl (C=O) groups is 1. The normalized spacial score (nSPS) is 12.1. The van der Waals surface area contributed by atoms with Crippen LogP contribution in [0.1, 0.15) is 30.0 Å². The molecule has 1 atom stereocenters. The van der Waals surface area contributed by atoms with Crippen molar-refractivity contribution >= 4 is 17.7 Å². The summed E-state index contributed by atoms with van der Waals surface area (Å²) in [5.74, 6) is 1.81. The highest BCUT2D eigenvalue weighted by molar-refractivity contribution is 7.99. The standard InChI is InChI=1S/C16H19NO2S/c1-3-20-15-9-5-4-8-14(15)16(18)17-12(2)11-13-7-6-10-19-13/h4-10,12H,3,11H2,1-2H3,(H,17,18)/t12-/m1/s1. The Kier molecular flexibility index (Phi) is 5.30. The van der Waals surface area contributed by atoms with Crippen molar-refractivity contribution < 1.29 is 9.21 Å². The van der Waals surface area contributed by atoms with Gasteiger partial charge in [-0.15, -0.1) is 11.8 Å². The molecule has 0 saturated heterocycles. The number of carbonyl (C=O) groups excluding carboxylic acids is 1. The van der Waals surface area contributed by atoms with Gasteiger partial charge in [-0.1, -0.05) is 19.1 Å². The summed E-state index contributed by atoms with van der Waals surface area (Å²) in [7, 11) is 0. The zero-order valence-electron chi connectivity index (χ0n) is 11.8. The lowest BCUT2D eigenvalue weighted by Crippen LogP contribution is -2.34. The van der Waals surface area contributed by atoms with E-state index in [2.05, 4.69) is 12.2 Å². The lowest BCUT2D eigenvalue weighted by Gasteiger charge is -2.14. The van der Waals surface area contributed by atoms with E-state index in [1.807, 2.05) is 43.3 Å². The lowest BCUT2D eigenvalue weighted by atomic mass is 10.1. The molecule has 3 nitrogen and oxygen atoms in total. The third kappa shape index (κ3) is 3.90. The molecule has 1 heterocycles. The van der Waals surface area contributed by atoms with E-state index in [-0.39, 0.29) is 11.9 Å². The summed E-state index contributed by atoms with van der Waals surface area (Å²) in [6, 6.07) is 11.5. The van der Waals surface area contributed by atoms with Crippen LogP contribution in [-0.4, -0.2) is 17.7 Å². The molecule has 1 aromatic carbocycles. The first-order valence-corrected chi connectivity index (χ1v) is 7.74. The molecule has 2 rings (SSSR count). The Morgan fingerprint density at radius 2 is 2.10 bits per heavy atom. The fraction of sp³-hybridized carbons (Fsp3) is 0.312. The third-order valence-electron chi connectivity index (χ3n) is 2.90. The average molecular weight is 289 g/mol. The van der Waals surface area contributed by atoms with E-state index >= 15 is 0 Å². The molecule has 20 heavy (non-hydrogen) atoms. The van der Waals surface area contributed by atoms with Gasteiger partial charge in [0, 0.05) is 17.4 Å². The molecule has 1 N–H and O–H groups in total. The Balaban J connectivity index is 2.00. The summed E-state index contributed by atoms with van der Waals surface area (Å²) in [6.45, 7) is 4.06. The second-order valence-electron chi connectivity index (χ2n) is 4.59. The first kappa shape index (κ1) is 14.7. The molecular formula is C16H19NO2S. The van der Waals surface area contributed by atoms with Gasteiger partial charge in [0.25, 0.3) is 5.91 Å². The Morgan fingerprint density at radius 1 is 1.30 bits per heavy atom. The zero-order chi connectivity index (χ0) is 14.4. The molecular weight excluding hydrogens is 270 g/mol. The van der Waals surface area contributed by atoms with E-state index in [0.29, 0.717) is 6.42 Å². The number of hydrogen-bond donors (Lipinski definition) is 1. The van der Waals surface area contributed by atoms with Gasteiger partial charge in [0.2, 0.25) is 0 Å². The Hall–Kier alpha value is -1.68. The molecule has 0 spiro atoms. The molecule has 1 amide bonds. The number of nitrogens with one attached hydrogen (secondary N) is 1. The van der Waals surface area contributed by atoms with Crippen molar-refractivity contribution in [2.24, 2.45) is 0 Å². The van der Waals surface area contributed by atoms with Gasteiger partial charge < -0.3 is 9.73 Å². The maximum Gasteiger partial charge on any atom is 0.252 e. The second-order valence-corrected chi connectivity index (χ2v) is 5.89. The van der Waals surface area contributed by atoms with Gasteiger partial charge in [-0.3, -0.25) is 4.79 Å². The first-order valence-electron chi connectivity index (χ1n) is 6.75. The van der Waals surface area contributed by atoms with Gasteiger partial charge in [0.05, 0.1) is 11.8 Å². The van der Waals surface area contributed by atoms with Crippen molar-refractivity contribution in [2.75, 3.05) is 5.75 Å². The summed E-state index contributed by atoms with van der Waals surface area (Å²) < 4.78 is 5.30. The lowest BCUT2D eigenvalue weighted by molar-refractivity contribution is 0.0936. The van der Waals surface area contributed by atoms with Crippen LogP contribution in [0.25, 0.3) is 0 Å². The van der Waals surface area contributed by atoms with E-state index in [1.165, 1.54) is 0 Å². The molecule has 0 aliphatic heterocycles. The van der Waals surface area contributed by atoms with Gasteiger partial charge >= 0.3 is 0 Å². The van der Waals surface area contributed by atoms with Crippen LogP contribution in [0.2, 0.25) is 0 Å². The van der Waals surface area contributed by atoms with E-state index in [9.17, 15) is 4.79 Å². The molecule has 0 radical (unpaired) electrons. The van der Waals surface area contributed by atoms with Crippen molar-refractivity contribution in [1.82, 2.24) is 5.32 Å². The van der Waals surface area contributed by atoms with Gasteiger partial charge in [0.1, 0.15) is 5.76 Å². The van der Waals surface area contributed by atoms with Crippen LogP contribution in [0.3, 0.4) is 0 Å². The van der Waals surface area contributed by atoms with Crippen LogP contribution in [0, 0.1) is 0 Å². The Morgan fingerprint density at radius 3 is 2.80 bits per heavy atom. The molecule has 1 aromatic heterocycles. The van der Waals surface area contributed by atoms with Crippen molar-refractivity contribution in [2.45, 2.75) is 31.2 Å². The fourth-order valence-corrected chi connectivity index (χ4v) is 2.82. The van der Waals surface area contributed by atoms with E-state index < -0.39 is 0 Å². The molecule has 106 valence electrons. The molecule has 2 aromatic rings. The number of thioether (sulfide) groups is 1. The number of furan rings is 1. The molecule has 0 fully saturated rings. The summed E-state index contributed by atoms with van der Waals surface area (Å²) in [4.78, 5) is 13.3. The summed E-state index contributed by atoms with van der Waals surface area (Å²) in [5, 5.41) is 3.02. The quantitative estimate of drug-likeness (QED) is 0.823. The average Bonchev–Trinajstić information content (AvgIpc) is 2.92. The molecule has 4 heteroatoms. The molecule has 0 unspecified atom stereocenters. The van der Waals surface area contributed by atoms with Crippen molar-refractivity contribution in [1.29, 1.82) is 0 Å². The molecule has 0 aliphatic carbocycles. The van der Waals surface area contributed by atoms with Crippen LogP contribution in [0.15, 0.2) is 52.0 Å². The maximum absolute atomic E-state index is 12.3. The number of rotatable bonds is 6. The van der Waals surface area contributed by atoms with Crippen molar-refractivity contribution in [3.05, 3.63) is 54.0 Å². The van der Waals surface area contributed by atoms with Crippen LogP contribution >= 0.6 is 11.8 Å². The predicted octanol–water partition coefficient (Wildman–Crippen LogP) is 3.75. The highest BCUT2D eigenvalue weighted by Crippen LogP contribution is 2.22. The third-order valence-corrected chi connectivity index (χ3v) is 3.85. The smallest absolute Gasteiger partial charge is 0.252 e. The molecule has 0 bridgehead atoms. The van der Waals surface area contributed by atoms with Crippen LogP contribution in [-0.2, 0) is 6.42 Å². The minimum Gasteiger partial charge on any atom is -0.469 e. The monoisotopic (exact) mass is 289 g/mol. The largest absolute Gasteiger partial charge is 0.469 e. The number of benzene rings is 1. The van der Waals surface area contributed by atoms with Crippen molar-refractivity contribution in [3.8, 4) is 0 Å². The Bertz CT molecular complexity index is 551. The maximum atomic E-state index is 12.3. The van der Waals surface area contributed by atoms with Crippen LogP contribution in [0.5, 0.6) is 0 Å². The van der Waals surface area contributed by atoms with E-state index in [4.69, 9.17) is 4.42 Å². The minimum atomic E-state index is -0.0272. The molecule has 0 aliphatic rings. The number of hydrogen-bond acceptors (Lipinski definition) is 3. The van der Waals surface area contributed by atoms with E-state index in [0.717, 1.165) is 22.0 Å². The zero-order valence-corrected chi connectivity index (χ0v) is 12.6. The topological polar surface area (TPSA) is 42.2 Å².